The second-order valence-electron chi connectivity index (χ2n) is 5.85. The molecular weight excluding hydrogens is 269 g/mol. The fourth-order valence-corrected chi connectivity index (χ4v) is 3.16. The summed E-state index contributed by atoms with van der Waals surface area (Å²) in [5.74, 6) is -0.394. The van der Waals surface area contributed by atoms with Crippen molar-refractivity contribution in [3.8, 4) is 0 Å². The highest BCUT2D eigenvalue weighted by molar-refractivity contribution is 5.97. The second-order valence-corrected chi connectivity index (χ2v) is 5.85. The number of nitrogens with zero attached hydrogens (tertiary/aromatic N) is 2. The van der Waals surface area contributed by atoms with E-state index in [1.54, 1.807) is 12.1 Å². The molecule has 0 amide bonds. The lowest BCUT2D eigenvalue weighted by Gasteiger charge is -2.42. The van der Waals surface area contributed by atoms with Crippen LogP contribution in [0.25, 0.3) is 0 Å². The molecule has 0 aliphatic carbocycles. The first-order valence-electron chi connectivity index (χ1n) is 7.57. The largest absolute Gasteiger partial charge is 0.409 e. The Labute approximate surface area is 125 Å². The van der Waals surface area contributed by atoms with E-state index < -0.39 is 0 Å². The average Bonchev–Trinajstić information content (AvgIpc) is 2.54. The average molecular weight is 293 g/mol. The molecule has 21 heavy (non-hydrogen) atoms. The molecule has 0 unspecified atom stereocenters. The Morgan fingerprint density at radius 2 is 1.95 bits per heavy atom. The normalized spacial score (nSPS) is 18.8. The minimum Gasteiger partial charge on any atom is -0.409 e. The molecule has 0 saturated carbocycles. The summed E-state index contributed by atoms with van der Waals surface area (Å²) in [6.07, 6.45) is 4.56. The number of piperidine rings is 1. The molecule has 1 fully saturated rings. The van der Waals surface area contributed by atoms with Gasteiger partial charge >= 0.3 is 0 Å². The number of nitrogens with two attached hydrogens (primary N) is 1. The van der Waals surface area contributed by atoms with Crippen LogP contribution < -0.4 is 10.6 Å². The van der Waals surface area contributed by atoms with E-state index in [2.05, 4.69) is 23.9 Å². The highest BCUT2D eigenvalue weighted by atomic mass is 19.1. The third-order valence-electron chi connectivity index (χ3n) is 5.02. The van der Waals surface area contributed by atoms with Gasteiger partial charge in [0, 0.05) is 18.7 Å². The Balaban J connectivity index is 2.14. The third-order valence-corrected chi connectivity index (χ3v) is 5.02. The molecule has 1 saturated heterocycles. The van der Waals surface area contributed by atoms with E-state index in [-0.39, 0.29) is 11.7 Å². The van der Waals surface area contributed by atoms with E-state index in [1.165, 1.54) is 18.9 Å². The number of halogens is 1. The van der Waals surface area contributed by atoms with Gasteiger partial charge in [-0.2, -0.15) is 0 Å². The van der Waals surface area contributed by atoms with Crippen LogP contribution in [0.3, 0.4) is 0 Å². The van der Waals surface area contributed by atoms with E-state index in [0.717, 1.165) is 25.9 Å². The minimum absolute atomic E-state index is 0.0740. The molecule has 116 valence electrons. The predicted octanol–water partition coefficient (Wildman–Crippen LogP) is 3.33. The zero-order valence-corrected chi connectivity index (χ0v) is 12.8. The Kier molecular flexibility index (Phi) is 4.70. The van der Waals surface area contributed by atoms with Crippen LogP contribution in [-0.4, -0.2) is 24.1 Å². The molecule has 0 radical (unpaired) electrons. The van der Waals surface area contributed by atoms with Gasteiger partial charge in [0.2, 0.25) is 0 Å². The number of benzene rings is 1. The van der Waals surface area contributed by atoms with Crippen LogP contribution in [0.15, 0.2) is 23.4 Å². The van der Waals surface area contributed by atoms with Gasteiger partial charge in [0.05, 0.1) is 5.69 Å². The van der Waals surface area contributed by atoms with Crippen LogP contribution in [0.5, 0.6) is 0 Å². The maximum atomic E-state index is 14.3. The number of rotatable bonds is 4. The van der Waals surface area contributed by atoms with Gasteiger partial charge in [0.15, 0.2) is 5.84 Å². The Bertz CT molecular complexity index is 516. The van der Waals surface area contributed by atoms with Crippen LogP contribution >= 0.6 is 0 Å². The molecule has 1 aromatic carbocycles. The number of oxime groups is 1. The Morgan fingerprint density at radius 1 is 1.33 bits per heavy atom. The van der Waals surface area contributed by atoms with Crippen LogP contribution in [0.1, 0.15) is 45.1 Å². The first-order valence-corrected chi connectivity index (χ1v) is 7.57. The topological polar surface area (TPSA) is 61.8 Å². The van der Waals surface area contributed by atoms with Gasteiger partial charge in [0.1, 0.15) is 5.82 Å². The molecule has 4 nitrogen and oxygen atoms in total. The summed E-state index contributed by atoms with van der Waals surface area (Å²) in [6.45, 7) is 6.24. The molecule has 1 aliphatic heterocycles. The predicted molar refractivity (Wildman–Crippen MR) is 83.4 cm³/mol. The minimum atomic E-state index is -0.320. The van der Waals surface area contributed by atoms with Crippen molar-refractivity contribution in [2.24, 2.45) is 16.3 Å². The van der Waals surface area contributed by atoms with Crippen molar-refractivity contribution in [2.45, 2.75) is 39.5 Å². The van der Waals surface area contributed by atoms with Gasteiger partial charge < -0.3 is 15.8 Å². The van der Waals surface area contributed by atoms with Gasteiger partial charge in [-0.15, -0.1) is 0 Å². The molecule has 5 heteroatoms. The summed E-state index contributed by atoms with van der Waals surface area (Å²) in [5.41, 5.74) is 6.90. The number of anilines is 1. The summed E-state index contributed by atoms with van der Waals surface area (Å²) >= 11 is 0. The molecule has 1 aromatic rings. The zero-order valence-electron chi connectivity index (χ0n) is 12.8. The molecule has 2 rings (SSSR count). The lowest BCUT2D eigenvalue weighted by molar-refractivity contribution is 0.199. The fourth-order valence-electron chi connectivity index (χ4n) is 3.16. The lowest BCUT2D eigenvalue weighted by atomic mass is 9.74. The number of hydrogen-bond donors (Lipinski definition) is 2. The molecular formula is C16H24FN3O. The summed E-state index contributed by atoms with van der Waals surface area (Å²) in [7, 11) is 0. The van der Waals surface area contributed by atoms with Crippen molar-refractivity contribution in [2.75, 3.05) is 18.0 Å². The van der Waals surface area contributed by atoms with Crippen LogP contribution in [-0.2, 0) is 0 Å². The Hall–Kier alpha value is -1.78. The smallest absolute Gasteiger partial charge is 0.170 e. The second kappa shape index (κ2) is 6.33. The van der Waals surface area contributed by atoms with Crippen molar-refractivity contribution < 1.29 is 9.60 Å². The van der Waals surface area contributed by atoms with Gasteiger partial charge in [-0.1, -0.05) is 31.8 Å². The van der Waals surface area contributed by atoms with E-state index >= 15 is 0 Å². The van der Waals surface area contributed by atoms with Crippen molar-refractivity contribution in [1.29, 1.82) is 0 Å². The third kappa shape index (κ3) is 3.12. The highest BCUT2D eigenvalue weighted by Crippen LogP contribution is 2.39. The molecule has 1 aliphatic rings. The molecule has 0 bridgehead atoms. The van der Waals surface area contributed by atoms with Gasteiger partial charge in [0.25, 0.3) is 0 Å². The summed E-state index contributed by atoms with van der Waals surface area (Å²) < 4.78 is 14.3. The van der Waals surface area contributed by atoms with Crippen molar-refractivity contribution in [1.82, 2.24) is 0 Å². The Morgan fingerprint density at radius 3 is 2.43 bits per heavy atom. The van der Waals surface area contributed by atoms with Gasteiger partial charge in [-0.05, 0) is 36.5 Å². The monoisotopic (exact) mass is 293 g/mol. The van der Waals surface area contributed by atoms with Gasteiger partial charge in [-0.25, -0.2) is 4.39 Å². The molecule has 0 spiro atoms. The summed E-state index contributed by atoms with van der Waals surface area (Å²) in [6, 6.07) is 4.73. The zero-order chi connectivity index (χ0) is 15.5. The highest BCUT2D eigenvalue weighted by Gasteiger charge is 2.31. The van der Waals surface area contributed by atoms with Crippen molar-refractivity contribution in [3.05, 3.63) is 29.6 Å². The molecule has 0 aromatic heterocycles. The van der Waals surface area contributed by atoms with Crippen LogP contribution in [0.4, 0.5) is 10.1 Å². The van der Waals surface area contributed by atoms with E-state index in [0.29, 0.717) is 16.7 Å². The summed E-state index contributed by atoms with van der Waals surface area (Å²) in [5, 5.41) is 11.5. The van der Waals surface area contributed by atoms with Crippen LogP contribution in [0, 0.1) is 11.2 Å². The number of amidine groups is 1. The van der Waals surface area contributed by atoms with Crippen molar-refractivity contribution >= 4 is 11.5 Å². The number of hydrogen-bond acceptors (Lipinski definition) is 3. The standard InChI is InChI=1S/C16H24FN3O/c1-3-16(4-2)7-9-20(10-8-16)14-6-5-12(11-13(14)17)15(18)19-21/h5-6,11,21H,3-4,7-10H2,1-2H3,(H2,18,19). The van der Waals surface area contributed by atoms with E-state index in [1.807, 2.05) is 0 Å². The SMILES string of the molecule is CCC1(CC)CCN(c2ccc(C(N)=NO)cc2F)CC1. The molecule has 1 heterocycles. The quantitative estimate of drug-likeness (QED) is 0.387. The maximum absolute atomic E-state index is 14.3. The first-order chi connectivity index (χ1) is 10.0. The molecule has 3 N–H and O–H groups in total. The molecule has 0 atom stereocenters. The lowest BCUT2D eigenvalue weighted by Crippen LogP contribution is -2.40. The van der Waals surface area contributed by atoms with Crippen LogP contribution in [0.2, 0.25) is 0 Å². The first kappa shape index (κ1) is 15.6. The van der Waals surface area contributed by atoms with E-state index in [9.17, 15) is 4.39 Å². The summed E-state index contributed by atoms with van der Waals surface area (Å²) in [4.78, 5) is 2.09. The maximum Gasteiger partial charge on any atom is 0.170 e. The van der Waals surface area contributed by atoms with Gasteiger partial charge in [-0.3, -0.25) is 0 Å². The fraction of sp³-hybridized carbons (Fsp3) is 0.562. The van der Waals surface area contributed by atoms with Crippen molar-refractivity contribution in [3.63, 3.8) is 0 Å². The van der Waals surface area contributed by atoms with E-state index in [4.69, 9.17) is 10.9 Å².